The minimum absolute atomic E-state index is 0.0225. The summed E-state index contributed by atoms with van der Waals surface area (Å²) < 4.78 is 5.96. The summed E-state index contributed by atoms with van der Waals surface area (Å²) >= 11 is 0. The number of para-hydroxylation sites is 2. The molecule has 0 aromatic heterocycles. The van der Waals surface area contributed by atoms with Crippen molar-refractivity contribution < 1.29 is 19.1 Å². The van der Waals surface area contributed by atoms with Crippen LogP contribution in [0, 0.1) is 0 Å². The zero-order chi connectivity index (χ0) is 20.6. The molecule has 0 radical (unpaired) electrons. The molecule has 4 amide bonds. The van der Waals surface area contributed by atoms with Crippen LogP contribution in [0.3, 0.4) is 0 Å². The van der Waals surface area contributed by atoms with E-state index in [0.29, 0.717) is 12.3 Å². The maximum absolute atomic E-state index is 12.9. The van der Waals surface area contributed by atoms with Gasteiger partial charge in [-0.15, -0.1) is 0 Å². The molecule has 0 spiro atoms. The standard InChI is InChI=1S/C21H30N4O4/c1-2-3-11-22-21(28)23-19(26)15-25-14-18(20(27)24-12-7-4-8-13-24)29-17-10-6-5-9-16(17)25/h5-6,9-10,18H,2-4,7-8,11-15H2,1H3,(H2,22,23,26,28)/t18-/m1/s1. The van der Waals surface area contributed by atoms with E-state index in [4.69, 9.17) is 4.74 Å². The Morgan fingerprint density at radius 2 is 1.90 bits per heavy atom. The molecule has 1 aromatic carbocycles. The second-order valence-electron chi connectivity index (χ2n) is 7.50. The molecule has 1 atom stereocenters. The lowest BCUT2D eigenvalue weighted by atomic mass is 10.1. The van der Waals surface area contributed by atoms with E-state index in [1.165, 1.54) is 0 Å². The van der Waals surface area contributed by atoms with Gasteiger partial charge in [0, 0.05) is 19.6 Å². The number of fused-ring (bicyclic) bond motifs is 1. The van der Waals surface area contributed by atoms with E-state index < -0.39 is 18.0 Å². The molecule has 2 heterocycles. The largest absolute Gasteiger partial charge is 0.477 e. The lowest BCUT2D eigenvalue weighted by Crippen LogP contribution is -2.53. The minimum atomic E-state index is -0.658. The Labute approximate surface area is 171 Å². The second kappa shape index (κ2) is 10.1. The highest BCUT2D eigenvalue weighted by Gasteiger charge is 2.34. The number of nitrogens with zero attached hydrogens (tertiary/aromatic N) is 2. The van der Waals surface area contributed by atoms with Crippen LogP contribution in [0.4, 0.5) is 10.5 Å². The van der Waals surface area contributed by atoms with E-state index in [9.17, 15) is 14.4 Å². The van der Waals surface area contributed by atoms with Gasteiger partial charge in [-0.3, -0.25) is 14.9 Å². The third-order valence-corrected chi connectivity index (χ3v) is 5.21. The first kappa shape index (κ1) is 21.0. The molecule has 0 aliphatic carbocycles. The Hall–Kier alpha value is -2.77. The predicted octanol–water partition coefficient (Wildman–Crippen LogP) is 1.89. The molecular weight excluding hydrogens is 372 g/mol. The van der Waals surface area contributed by atoms with Gasteiger partial charge in [-0.1, -0.05) is 25.5 Å². The molecule has 1 aromatic rings. The number of piperidine rings is 1. The third kappa shape index (κ3) is 5.62. The van der Waals surface area contributed by atoms with Gasteiger partial charge in [0.2, 0.25) is 5.91 Å². The summed E-state index contributed by atoms with van der Waals surface area (Å²) in [4.78, 5) is 40.8. The maximum Gasteiger partial charge on any atom is 0.321 e. The fourth-order valence-electron chi connectivity index (χ4n) is 3.67. The van der Waals surface area contributed by atoms with Crippen molar-refractivity contribution in [3.63, 3.8) is 0 Å². The molecule has 0 saturated carbocycles. The lowest BCUT2D eigenvalue weighted by molar-refractivity contribution is -0.139. The van der Waals surface area contributed by atoms with E-state index in [1.807, 2.05) is 30.0 Å². The van der Waals surface area contributed by atoms with Gasteiger partial charge in [0.15, 0.2) is 6.10 Å². The summed E-state index contributed by atoms with van der Waals surface area (Å²) in [6, 6.07) is 6.85. The van der Waals surface area contributed by atoms with Gasteiger partial charge in [0.25, 0.3) is 5.91 Å². The molecule has 1 fully saturated rings. The zero-order valence-electron chi connectivity index (χ0n) is 17.0. The number of ether oxygens (including phenoxy) is 1. The Balaban J connectivity index is 1.64. The molecule has 2 aliphatic heterocycles. The zero-order valence-corrected chi connectivity index (χ0v) is 17.0. The predicted molar refractivity (Wildman–Crippen MR) is 110 cm³/mol. The molecule has 158 valence electrons. The monoisotopic (exact) mass is 402 g/mol. The first-order valence-corrected chi connectivity index (χ1v) is 10.5. The number of imide groups is 1. The highest BCUT2D eigenvalue weighted by molar-refractivity contribution is 5.97. The number of benzene rings is 1. The molecule has 0 bridgehead atoms. The van der Waals surface area contributed by atoms with Crippen LogP contribution >= 0.6 is 0 Å². The summed E-state index contributed by atoms with van der Waals surface area (Å²) in [5.74, 6) is 0.121. The van der Waals surface area contributed by atoms with Crippen LogP contribution in [0.5, 0.6) is 5.75 Å². The number of carbonyl (C=O) groups excluding carboxylic acids is 3. The van der Waals surface area contributed by atoms with Crippen molar-refractivity contribution in [2.45, 2.75) is 45.1 Å². The van der Waals surface area contributed by atoms with Crippen molar-refractivity contribution in [1.82, 2.24) is 15.5 Å². The molecular formula is C21H30N4O4. The van der Waals surface area contributed by atoms with E-state index in [1.54, 1.807) is 11.0 Å². The maximum atomic E-state index is 12.9. The van der Waals surface area contributed by atoms with Crippen LogP contribution in [-0.4, -0.2) is 61.6 Å². The van der Waals surface area contributed by atoms with Crippen LogP contribution in [0.1, 0.15) is 39.0 Å². The first-order valence-electron chi connectivity index (χ1n) is 10.5. The van der Waals surface area contributed by atoms with Gasteiger partial charge in [-0.2, -0.15) is 0 Å². The van der Waals surface area contributed by atoms with Crippen molar-refractivity contribution >= 4 is 23.5 Å². The van der Waals surface area contributed by atoms with Gasteiger partial charge in [-0.05, 0) is 37.8 Å². The van der Waals surface area contributed by atoms with Crippen molar-refractivity contribution in [3.05, 3.63) is 24.3 Å². The number of amides is 4. The SMILES string of the molecule is CCCCNC(=O)NC(=O)CN1C[C@H](C(=O)N2CCCCC2)Oc2ccccc21. The third-order valence-electron chi connectivity index (χ3n) is 5.21. The Kier molecular flexibility index (Phi) is 7.32. The summed E-state index contributed by atoms with van der Waals surface area (Å²) in [5, 5.41) is 5.02. The summed E-state index contributed by atoms with van der Waals surface area (Å²) in [5.41, 5.74) is 0.747. The number of unbranched alkanes of at least 4 members (excludes halogenated alkanes) is 1. The van der Waals surface area contributed by atoms with Crippen molar-refractivity contribution in [2.24, 2.45) is 0 Å². The van der Waals surface area contributed by atoms with Crippen LogP contribution in [0.15, 0.2) is 24.3 Å². The van der Waals surface area contributed by atoms with Gasteiger partial charge in [-0.25, -0.2) is 4.79 Å². The Morgan fingerprint density at radius 1 is 1.14 bits per heavy atom. The number of hydrogen-bond donors (Lipinski definition) is 2. The molecule has 29 heavy (non-hydrogen) atoms. The van der Waals surface area contributed by atoms with Crippen LogP contribution < -0.4 is 20.3 Å². The summed E-state index contributed by atoms with van der Waals surface area (Å²) in [6.07, 6.45) is 4.33. The average molecular weight is 402 g/mol. The Bertz CT molecular complexity index is 733. The number of nitrogens with one attached hydrogen (secondary N) is 2. The molecule has 8 nitrogen and oxygen atoms in total. The van der Waals surface area contributed by atoms with Gasteiger partial charge in [0.05, 0.1) is 18.8 Å². The summed E-state index contributed by atoms with van der Waals surface area (Å²) in [6.45, 7) is 4.31. The number of likely N-dealkylation sites (tertiary alicyclic amines) is 1. The molecule has 0 unspecified atom stereocenters. The van der Waals surface area contributed by atoms with E-state index in [0.717, 1.165) is 50.9 Å². The quantitative estimate of drug-likeness (QED) is 0.709. The Morgan fingerprint density at radius 3 is 2.66 bits per heavy atom. The highest BCUT2D eigenvalue weighted by Crippen LogP contribution is 2.33. The smallest absolute Gasteiger partial charge is 0.321 e. The number of carbonyl (C=O) groups is 3. The van der Waals surface area contributed by atoms with Gasteiger partial charge < -0.3 is 19.9 Å². The van der Waals surface area contributed by atoms with Crippen molar-refractivity contribution in [1.29, 1.82) is 0 Å². The summed E-state index contributed by atoms with van der Waals surface area (Å²) in [7, 11) is 0. The van der Waals surface area contributed by atoms with E-state index >= 15 is 0 Å². The number of rotatable bonds is 6. The number of anilines is 1. The van der Waals surface area contributed by atoms with Crippen LogP contribution in [-0.2, 0) is 9.59 Å². The fourth-order valence-corrected chi connectivity index (χ4v) is 3.67. The molecule has 1 saturated heterocycles. The average Bonchev–Trinajstić information content (AvgIpc) is 2.74. The van der Waals surface area contributed by atoms with Crippen LogP contribution in [0.25, 0.3) is 0 Å². The lowest BCUT2D eigenvalue weighted by Gasteiger charge is -2.38. The first-order chi connectivity index (χ1) is 14.1. The van der Waals surface area contributed by atoms with Crippen LogP contribution in [0.2, 0.25) is 0 Å². The number of urea groups is 1. The minimum Gasteiger partial charge on any atom is -0.477 e. The number of hydrogen-bond acceptors (Lipinski definition) is 5. The highest BCUT2D eigenvalue weighted by atomic mass is 16.5. The van der Waals surface area contributed by atoms with Crippen molar-refractivity contribution in [2.75, 3.05) is 37.6 Å². The molecule has 3 rings (SSSR count). The normalized spacial score (nSPS) is 18.4. The van der Waals surface area contributed by atoms with Crippen molar-refractivity contribution in [3.8, 4) is 5.75 Å². The second-order valence-corrected chi connectivity index (χ2v) is 7.50. The van der Waals surface area contributed by atoms with E-state index in [-0.39, 0.29) is 19.0 Å². The molecule has 2 N–H and O–H groups in total. The molecule has 8 heteroatoms. The topological polar surface area (TPSA) is 91.0 Å². The molecule has 2 aliphatic rings. The van der Waals surface area contributed by atoms with Gasteiger partial charge >= 0.3 is 6.03 Å². The fraction of sp³-hybridized carbons (Fsp3) is 0.571. The van der Waals surface area contributed by atoms with E-state index in [2.05, 4.69) is 10.6 Å². The van der Waals surface area contributed by atoms with Gasteiger partial charge in [0.1, 0.15) is 5.75 Å².